The molecule has 6 nitrogen and oxygen atoms in total. The van der Waals surface area contributed by atoms with Gasteiger partial charge in [0, 0.05) is 19.3 Å². The Balaban J connectivity index is 4.44. The second-order valence-corrected chi connectivity index (χ2v) is 20.6. The Morgan fingerprint density at radius 1 is 0.288 bits per heavy atom. The maximum absolute atomic E-state index is 12.9. The van der Waals surface area contributed by atoms with E-state index in [9.17, 15) is 14.4 Å². The number of hydrogen-bond acceptors (Lipinski definition) is 6. The van der Waals surface area contributed by atoms with Gasteiger partial charge < -0.3 is 14.2 Å². The van der Waals surface area contributed by atoms with Crippen molar-refractivity contribution in [2.45, 2.75) is 309 Å². The molecule has 1 atom stereocenters. The Morgan fingerprint density at radius 3 is 0.877 bits per heavy atom. The van der Waals surface area contributed by atoms with Gasteiger partial charge in [0.05, 0.1) is 0 Å². The van der Waals surface area contributed by atoms with Gasteiger partial charge in [0.25, 0.3) is 0 Å². The van der Waals surface area contributed by atoms with Gasteiger partial charge in [-0.25, -0.2) is 0 Å². The summed E-state index contributed by atoms with van der Waals surface area (Å²) in [5, 5.41) is 0. The van der Waals surface area contributed by atoms with Gasteiger partial charge in [0.15, 0.2) is 6.10 Å². The molecule has 6 heteroatoms. The third-order valence-corrected chi connectivity index (χ3v) is 13.4. The molecule has 0 N–H and O–H groups in total. The van der Waals surface area contributed by atoms with Gasteiger partial charge in [0.2, 0.25) is 0 Å². The molecule has 0 aliphatic carbocycles. The van der Waals surface area contributed by atoms with Crippen molar-refractivity contribution in [3.63, 3.8) is 0 Å². The molecular weight excluding hydrogens is 901 g/mol. The number of esters is 3. The van der Waals surface area contributed by atoms with E-state index in [0.29, 0.717) is 19.3 Å². The molecule has 0 spiro atoms. The molecule has 0 heterocycles. The minimum atomic E-state index is -0.797. The van der Waals surface area contributed by atoms with E-state index in [1.807, 2.05) is 0 Å². The van der Waals surface area contributed by atoms with Gasteiger partial charge in [-0.3, -0.25) is 14.4 Å². The van der Waals surface area contributed by atoms with E-state index >= 15 is 0 Å². The number of hydrogen-bond donors (Lipinski definition) is 0. The van der Waals surface area contributed by atoms with Crippen LogP contribution in [0.5, 0.6) is 0 Å². The lowest BCUT2D eigenvalue weighted by Gasteiger charge is -2.18. The molecule has 0 radical (unpaired) electrons. The van der Waals surface area contributed by atoms with Crippen LogP contribution in [0, 0.1) is 0 Å². The Hall–Kier alpha value is -3.41. The minimum Gasteiger partial charge on any atom is -0.462 e. The molecule has 0 aromatic rings. The molecule has 0 aromatic carbocycles. The van der Waals surface area contributed by atoms with Crippen LogP contribution in [0.15, 0.2) is 85.1 Å². The molecule has 0 bridgehead atoms. The van der Waals surface area contributed by atoms with Crippen molar-refractivity contribution >= 4 is 17.9 Å². The largest absolute Gasteiger partial charge is 0.462 e. The maximum atomic E-state index is 12.9. The normalized spacial score (nSPS) is 12.6. The monoisotopic (exact) mass is 1020 g/mol. The zero-order chi connectivity index (χ0) is 52.9. The summed E-state index contributed by atoms with van der Waals surface area (Å²) in [7, 11) is 0. The van der Waals surface area contributed by atoms with Crippen molar-refractivity contribution in [1.82, 2.24) is 0 Å². The fourth-order valence-electron chi connectivity index (χ4n) is 8.74. The fraction of sp³-hybridized carbons (Fsp3) is 0.746. The summed E-state index contributed by atoms with van der Waals surface area (Å²) >= 11 is 0. The second-order valence-electron chi connectivity index (χ2n) is 20.6. The van der Waals surface area contributed by atoms with Crippen LogP contribution in [0.1, 0.15) is 303 Å². The molecular formula is C67H116O6. The van der Waals surface area contributed by atoms with Gasteiger partial charge in [0.1, 0.15) is 13.2 Å². The number of carbonyl (C=O) groups excluding carboxylic acids is 3. The Kier molecular flexibility index (Phi) is 58.3. The molecule has 0 aliphatic rings. The van der Waals surface area contributed by atoms with Crippen LogP contribution in [0.2, 0.25) is 0 Å². The van der Waals surface area contributed by atoms with Crippen LogP contribution in [0.3, 0.4) is 0 Å². The molecule has 0 saturated carbocycles. The summed E-state index contributed by atoms with van der Waals surface area (Å²) in [6, 6.07) is 0. The van der Waals surface area contributed by atoms with Gasteiger partial charge in [-0.1, -0.05) is 273 Å². The zero-order valence-corrected chi connectivity index (χ0v) is 48.1. The van der Waals surface area contributed by atoms with E-state index < -0.39 is 6.10 Å². The van der Waals surface area contributed by atoms with Crippen LogP contribution in [0.25, 0.3) is 0 Å². The highest BCUT2D eigenvalue weighted by atomic mass is 16.6. The lowest BCUT2D eigenvalue weighted by molar-refractivity contribution is -0.167. The van der Waals surface area contributed by atoms with E-state index in [2.05, 4.69) is 106 Å². The first-order valence-corrected chi connectivity index (χ1v) is 31.1. The highest BCUT2D eigenvalue weighted by Crippen LogP contribution is 2.16. The molecule has 0 aromatic heterocycles. The van der Waals surface area contributed by atoms with Crippen LogP contribution in [0.4, 0.5) is 0 Å². The van der Waals surface area contributed by atoms with Crippen molar-refractivity contribution in [2.24, 2.45) is 0 Å². The molecule has 0 rings (SSSR count). The molecule has 0 aliphatic heterocycles. The third kappa shape index (κ3) is 59.3. The van der Waals surface area contributed by atoms with Crippen molar-refractivity contribution < 1.29 is 28.6 Å². The minimum absolute atomic E-state index is 0.0925. The molecule has 1 unspecified atom stereocenters. The average Bonchev–Trinajstić information content (AvgIpc) is 3.39. The zero-order valence-electron chi connectivity index (χ0n) is 48.1. The smallest absolute Gasteiger partial charge is 0.306 e. The Labute approximate surface area is 452 Å². The third-order valence-electron chi connectivity index (χ3n) is 13.4. The van der Waals surface area contributed by atoms with Crippen molar-refractivity contribution in [3.8, 4) is 0 Å². The Morgan fingerprint density at radius 2 is 0.534 bits per heavy atom. The topological polar surface area (TPSA) is 78.9 Å². The van der Waals surface area contributed by atoms with E-state index in [-0.39, 0.29) is 31.1 Å². The summed E-state index contributed by atoms with van der Waals surface area (Å²) in [6.45, 7) is 6.51. The van der Waals surface area contributed by atoms with E-state index in [1.54, 1.807) is 0 Å². The van der Waals surface area contributed by atoms with Crippen molar-refractivity contribution in [3.05, 3.63) is 85.1 Å². The van der Waals surface area contributed by atoms with Crippen LogP contribution >= 0.6 is 0 Å². The average molecular weight is 1020 g/mol. The molecule has 0 saturated heterocycles. The molecule has 420 valence electrons. The van der Waals surface area contributed by atoms with Gasteiger partial charge in [-0.15, -0.1) is 0 Å². The second kappa shape index (κ2) is 61.1. The number of allylic oxidation sites excluding steroid dienone is 14. The predicted molar refractivity (Wildman–Crippen MR) is 316 cm³/mol. The highest BCUT2D eigenvalue weighted by Gasteiger charge is 2.19. The fourth-order valence-corrected chi connectivity index (χ4v) is 8.74. The molecule has 0 amide bonds. The van der Waals surface area contributed by atoms with Gasteiger partial charge >= 0.3 is 17.9 Å². The predicted octanol–water partition coefficient (Wildman–Crippen LogP) is 21.1. The first-order chi connectivity index (χ1) is 36.0. The number of unbranched alkanes of at least 4 members (excludes halogenated alkanes) is 31. The van der Waals surface area contributed by atoms with Crippen LogP contribution in [-0.2, 0) is 28.6 Å². The Bertz CT molecular complexity index is 1400. The summed E-state index contributed by atoms with van der Waals surface area (Å²) in [5.41, 5.74) is 0. The number of carbonyl (C=O) groups is 3. The highest BCUT2D eigenvalue weighted by molar-refractivity contribution is 5.71. The van der Waals surface area contributed by atoms with Crippen LogP contribution < -0.4 is 0 Å². The lowest BCUT2D eigenvalue weighted by Crippen LogP contribution is -2.30. The van der Waals surface area contributed by atoms with E-state index in [0.717, 1.165) is 103 Å². The number of ether oxygens (including phenoxy) is 3. The van der Waals surface area contributed by atoms with E-state index in [1.165, 1.54) is 161 Å². The quantitative estimate of drug-likeness (QED) is 0.0261. The summed E-state index contributed by atoms with van der Waals surface area (Å²) in [6.07, 6.45) is 80.1. The van der Waals surface area contributed by atoms with Crippen molar-refractivity contribution in [1.29, 1.82) is 0 Å². The lowest BCUT2D eigenvalue weighted by atomic mass is 10.0. The first kappa shape index (κ1) is 69.6. The summed E-state index contributed by atoms with van der Waals surface area (Å²) in [4.78, 5) is 38.3. The molecule has 73 heavy (non-hydrogen) atoms. The van der Waals surface area contributed by atoms with E-state index in [4.69, 9.17) is 14.2 Å². The van der Waals surface area contributed by atoms with Gasteiger partial charge in [-0.2, -0.15) is 0 Å². The maximum Gasteiger partial charge on any atom is 0.306 e. The molecule has 0 fully saturated rings. The SMILES string of the molecule is CC/C=C\C/C=C\C/C=C\C/C=C\C/C=C\C/C=C\CCCCC(=O)OCC(COC(=O)CCCCCCC/C=C\CCCCCCCC)OC(=O)CCCCCCCCCCCCCCCCCCCCC. The van der Waals surface area contributed by atoms with Crippen LogP contribution in [-0.4, -0.2) is 37.2 Å². The summed E-state index contributed by atoms with van der Waals surface area (Å²) in [5.74, 6) is -0.932. The first-order valence-electron chi connectivity index (χ1n) is 31.1. The van der Waals surface area contributed by atoms with Crippen molar-refractivity contribution in [2.75, 3.05) is 13.2 Å². The standard InChI is InChI=1S/C67H116O6/c1-4-7-10-13-16-19-22-25-28-30-32-33-35-36-39-42-45-48-51-54-57-60-66(69)72-63-64(62-71-65(68)59-56-53-50-47-44-41-38-27-24-21-18-15-12-9-6-3)73-67(70)61-58-55-52-49-46-43-40-37-34-31-29-26-23-20-17-14-11-8-5-2/h7,10,16,19,25,27-28,32-33,36,38-39,45,48,64H,4-6,8-9,11-15,17-18,20-24,26,29-31,34-35,37,40-44,46-47,49-63H2,1-3H3/b10-7-,19-16-,28-25-,33-32-,38-27-,39-36-,48-45-. The summed E-state index contributed by atoms with van der Waals surface area (Å²) < 4.78 is 16.9. The van der Waals surface area contributed by atoms with Gasteiger partial charge in [-0.05, 0) is 96.3 Å². The number of rotatable bonds is 56.